The van der Waals surface area contributed by atoms with E-state index in [1.807, 2.05) is 6.07 Å². The first-order chi connectivity index (χ1) is 17.6. The molecule has 1 unspecified atom stereocenters. The first-order valence-corrected chi connectivity index (χ1v) is 12.1. The number of alkyl halides is 3. The SMILES string of the molecule is N#Cc1ccc(NC(=O)C(O)(Cc2ccc(-c3ccc(C(F)(F)F)cc3)cc2)C2CCOCC2)cc1Cl. The van der Waals surface area contributed by atoms with Gasteiger partial charge < -0.3 is 15.2 Å². The van der Waals surface area contributed by atoms with Crippen LogP contribution in [0.5, 0.6) is 0 Å². The molecule has 0 aromatic heterocycles. The number of nitriles is 1. The van der Waals surface area contributed by atoms with Gasteiger partial charge in [0, 0.05) is 31.2 Å². The number of nitrogens with zero attached hydrogens (tertiary/aromatic N) is 1. The topological polar surface area (TPSA) is 82.4 Å². The second-order valence-electron chi connectivity index (χ2n) is 9.02. The number of aliphatic hydroxyl groups is 1. The predicted octanol–water partition coefficient (Wildman–Crippen LogP) is 6.24. The van der Waals surface area contributed by atoms with E-state index in [0.717, 1.165) is 12.1 Å². The molecule has 5 nitrogen and oxygen atoms in total. The van der Waals surface area contributed by atoms with Crippen LogP contribution >= 0.6 is 11.6 Å². The van der Waals surface area contributed by atoms with Crippen molar-refractivity contribution < 1.29 is 27.8 Å². The summed E-state index contributed by atoms with van der Waals surface area (Å²) < 4.78 is 44.0. The zero-order valence-electron chi connectivity index (χ0n) is 19.7. The third-order valence-electron chi connectivity index (χ3n) is 6.61. The van der Waals surface area contributed by atoms with Crippen molar-refractivity contribution in [3.05, 3.63) is 88.4 Å². The monoisotopic (exact) mass is 528 g/mol. The van der Waals surface area contributed by atoms with E-state index in [2.05, 4.69) is 5.32 Å². The zero-order valence-corrected chi connectivity index (χ0v) is 20.4. The summed E-state index contributed by atoms with van der Waals surface area (Å²) in [5.74, 6) is -0.948. The molecule has 3 aromatic carbocycles. The Morgan fingerprint density at radius 2 is 1.62 bits per heavy atom. The summed E-state index contributed by atoms with van der Waals surface area (Å²) in [6, 6.07) is 18.4. The Morgan fingerprint density at radius 1 is 1.03 bits per heavy atom. The van der Waals surface area contributed by atoms with Crippen LogP contribution in [0.15, 0.2) is 66.7 Å². The van der Waals surface area contributed by atoms with E-state index in [-0.39, 0.29) is 22.9 Å². The number of ether oxygens (including phenoxy) is 1. The third kappa shape index (κ3) is 6.13. The molecule has 0 spiro atoms. The van der Waals surface area contributed by atoms with E-state index in [1.165, 1.54) is 24.3 Å². The van der Waals surface area contributed by atoms with Crippen LogP contribution in [0.4, 0.5) is 18.9 Å². The van der Waals surface area contributed by atoms with E-state index >= 15 is 0 Å². The van der Waals surface area contributed by atoms with Crippen LogP contribution in [-0.4, -0.2) is 29.8 Å². The minimum Gasteiger partial charge on any atom is -0.381 e. The van der Waals surface area contributed by atoms with Crippen molar-refractivity contribution in [2.24, 2.45) is 5.92 Å². The van der Waals surface area contributed by atoms with Crippen molar-refractivity contribution in [3.63, 3.8) is 0 Å². The molecule has 0 aliphatic carbocycles. The van der Waals surface area contributed by atoms with Gasteiger partial charge in [-0.3, -0.25) is 4.79 Å². The van der Waals surface area contributed by atoms with Crippen molar-refractivity contribution in [1.82, 2.24) is 0 Å². The third-order valence-corrected chi connectivity index (χ3v) is 6.92. The molecule has 1 fully saturated rings. The molecular formula is C28H24ClF3N2O3. The highest BCUT2D eigenvalue weighted by Crippen LogP contribution is 2.34. The molecule has 37 heavy (non-hydrogen) atoms. The minimum absolute atomic E-state index is 0.0286. The number of hydrogen-bond donors (Lipinski definition) is 2. The maximum absolute atomic E-state index is 13.4. The zero-order chi connectivity index (χ0) is 26.6. The molecule has 1 atom stereocenters. The fourth-order valence-electron chi connectivity index (χ4n) is 4.49. The average molecular weight is 529 g/mol. The van der Waals surface area contributed by atoms with Gasteiger partial charge in [0.15, 0.2) is 0 Å². The molecule has 1 amide bonds. The summed E-state index contributed by atoms with van der Waals surface area (Å²) in [6.07, 6.45) is -3.37. The predicted molar refractivity (Wildman–Crippen MR) is 134 cm³/mol. The van der Waals surface area contributed by atoms with E-state index in [4.69, 9.17) is 21.6 Å². The maximum Gasteiger partial charge on any atom is 0.416 e. The van der Waals surface area contributed by atoms with Gasteiger partial charge in [-0.15, -0.1) is 0 Å². The van der Waals surface area contributed by atoms with Gasteiger partial charge in [0.05, 0.1) is 16.1 Å². The summed E-state index contributed by atoms with van der Waals surface area (Å²) in [4.78, 5) is 13.4. The molecular weight excluding hydrogens is 505 g/mol. The Labute approximate surface area is 217 Å². The molecule has 1 heterocycles. The summed E-state index contributed by atoms with van der Waals surface area (Å²) in [5, 5.41) is 23.7. The number of amides is 1. The van der Waals surface area contributed by atoms with Crippen molar-refractivity contribution in [2.45, 2.75) is 31.0 Å². The lowest BCUT2D eigenvalue weighted by molar-refractivity contribution is -0.144. The summed E-state index contributed by atoms with van der Waals surface area (Å²) in [7, 11) is 0. The molecule has 4 rings (SSSR count). The summed E-state index contributed by atoms with van der Waals surface area (Å²) in [5.41, 5.74) is 0.185. The average Bonchev–Trinajstić information content (AvgIpc) is 2.89. The fourth-order valence-corrected chi connectivity index (χ4v) is 4.71. The quantitative estimate of drug-likeness (QED) is 0.397. The van der Waals surface area contributed by atoms with Crippen LogP contribution in [0.3, 0.4) is 0 Å². The van der Waals surface area contributed by atoms with Gasteiger partial charge in [0.1, 0.15) is 11.7 Å². The number of benzene rings is 3. The van der Waals surface area contributed by atoms with Crippen LogP contribution in [-0.2, 0) is 22.1 Å². The Kier molecular flexibility index (Phi) is 7.88. The van der Waals surface area contributed by atoms with Gasteiger partial charge >= 0.3 is 6.18 Å². The number of carbonyl (C=O) groups is 1. The fraction of sp³-hybridized carbons (Fsp3) is 0.286. The van der Waals surface area contributed by atoms with Gasteiger partial charge in [-0.2, -0.15) is 18.4 Å². The van der Waals surface area contributed by atoms with Crippen LogP contribution in [0, 0.1) is 17.2 Å². The van der Waals surface area contributed by atoms with Crippen molar-refractivity contribution in [1.29, 1.82) is 5.26 Å². The molecule has 9 heteroatoms. The minimum atomic E-state index is -4.40. The Hall–Kier alpha value is -3.38. The van der Waals surface area contributed by atoms with Crippen molar-refractivity contribution in [3.8, 4) is 17.2 Å². The molecule has 3 aromatic rings. The van der Waals surface area contributed by atoms with Crippen molar-refractivity contribution >= 4 is 23.2 Å². The lowest BCUT2D eigenvalue weighted by Crippen LogP contribution is -2.52. The van der Waals surface area contributed by atoms with Gasteiger partial charge in [0.2, 0.25) is 0 Å². The number of nitrogens with one attached hydrogen (secondary N) is 1. The first-order valence-electron chi connectivity index (χ1n) is 11.7. The largest absolute Gasteiger partial charge is 0.416 e. The number of rotatable bonds is 6. The van der Waals surface area contributed by atoms with Gasteiger partial charge in [-0.1, -0.05) is 48.0 Å². The number of anilines is 1. The molecule has 1 saturated heterocycles. The van der Waals surface area contributed by atoms with E-state index in [1.54, 1.807) is 30.3 Å². The van der Waals surface area contributed by atoms with Crippen LogP contribution < -0.4 is 5.32 Å². The maximum atomic E-state index is 13.4. The first kappa shape index (κ1) is 26.7. The molecule has 0 bridgehead atoms. The lowest BCUT2D eigenvalue weighted by atomic mass is 9.77. The van der Waals surface area contributed by atoms with E-state index < -0.39 is 23.2 Å². The lowest BCUT2D eigenvalue weighted by Gasteiger charge is -2.37. The molecule has 2 N–H and O–H groups in total. The number of carbonyl (C=O) groups excluding carboxylic acids is 1. The Morgan fingerprint density at radius 3 is 2.16 bits per heavy atom. The standard InChI is InChI=1S/C28H24ClF3N2O3/c29-25-15-24(10-7-21(25)17-33)34-26(35)27(36,22-11-13-37-14-12-22)16-18-1-3-19(4-2-18)20-5-8-23(9-6-20)28(30,31)32/h1-10,15,22,36H,11-14,16H2,(H,34,35). The highest BCUT2D eigenvalue weighted by atomic mass is 35.5. The van der Waals surface area contributed by atoms with Crippen LogP contribution in [0.25, 0.3) is 11.1 Å². The summed E-state index contributed by atoms with van der Waals surface area (Å²) in [6.45, 7) is 0.853. The Balaban J connectivity index is 1.56. The smallest absolute Gasteiger partial charge is 0.381 e. The highest BCUT2D eigenvalue weighted by Gasteiger charge is 2.44. The Bertz CT molecular complexity index is 1300. The van der Waals surface area contributed by atoms with E-state index in [9.17, 15) is 23.1 Å². The molecule has 1 aliphatic rings. The molecule has 192 valence electrons. The van der Waals surface area contributed by atoms with Crippen molar-refractivity contribution in [2.75, 3.05) is 18.5 Å². The number of halogens is 4. The van der Waals surface area contributed by atoms with Crippen LogP contribution in [0.1, 0.15) is 29.5 Å². The molecule has 0 saturated carbocycles. The van der Waals surface area contributed by atoms with Gasteiger partial charge in [0.25, 0.3) is 5.91 Å². The van der Waals surface area contributed by atoms with Gasteiger partial charge in [-0.25, -0.2) is 0 Å². The molecule has 1 aliphatic heterocycles. The number of hydrogen-bond acceptors (Lipinski definition) is 4. The summed E-state index contributed by atoms with van der Waals surface area (Å²) >= 11 is 6.09. The second kappa shape index (κ2) is 10.9. The van der Waals surface area contributed by atoms with Gasteiger partial charge in [-0.05, 0) is 59.9 Å². The van der Waals surface area contributed by atoms with E-state index in [0.29, 0.717) is 48.4 Å². The normalized spacial score (nSPS) is 16.0. The van der Waals surface area contributed by atoms with Crippen LogP contribution in [0.2, 0.25) is 5.02 Å². The second-order valence-corrected chi connectivity index (χ2v) is 9.43. The highest BCUT2D eigenvalue weighted by molar-refractivity contribution is 6.32. The molecule has 0 radical (unpaired) electrons.